The zero-order valence-corrected chi connectivity index (χ0v) is 12.3. The molecule has 4 rings (SSSR count). The molecule has 1 aliphatic heterocycles. The van der Waals surface area contributed by atoms with Crippen LogP contribution in [0.3, 0.4) is 0 Å². The van der Waals surface area contributed by atoms with Crippen molar-refractivity contribution >= 4 is 16.9 Å². The highest BCUT2D eigenvalue weighted by Gasteiger charge is 2.22. The molecule has 0 radical (unpaired) electrons. The van der Waals surface area contributed by atoms with Crippen LogP contribution >= 0.6 is 0 Å². The standard InChI is InChI=1S/C18H18N4/c1-2-6-14(7-3-1)17-13-22(11-10-19-17)18-20-12-15-8-4-5-9-16(15)21-18/h1-9,12,17,19H,10-11,13H2. The van der Waals surface area contributed by atoms with Crippen molar-refractivity contribution < 1.29 is 0 Å². The second-order valence-corrected chi connectivity index (χ2v) is 5.59. The third kappa shape index (κ3) is 2.53. The second kappa shape index (κ2) is 5.73. The minimum absolute atomic E-state index is 0.324. The molecular weight excluding hydrogens is 272 g/mol. The van der Waals surface area contributed by atoms with E-state index in [0.29, 0.717) is 6.04 Å². The van der Waals surface area contributed by atoms with Gasteiger partial charge in [-0.2, -0.15) is 0 Å². The van der Waals surface area contributed by atoms with Crippen molar-refractivity contribution in [2.24, 2.45) is 0 Å². The van der Waals surface area contributed by atoms with Crippen molar-refractivity contribution in [3.63, 3.8) is 0 Å². The molecule has 0 spiro atoms. The van der Waals surface area contributed by atoms with E-state index in [0.717, 1.165) is 36.5 Å². The molecule has 1 aliphatic rings. The van der Waals surface area contributed by atoms with Gasteiger partial charge in [0, 0.05) is 37.3 Å². The summed E-state index contributed by atoms with van der Waals surface area (Å²) in [5, 5.41) is 4.66. The summed E-state index contributed by atoms with van der Waals surface area (Å²) < 4.78 is 0. The topological polar surface area (TPSA) is 41.1 Å². The van der Waals surface area contributed by atoms with Crippen molar-refractivity contribution in [1.82, 2.24) is 15.3 Å². The van der Waals surface area contributed by atoms with E-state index in [1.165, 1.54) is 5.56 Å². The lowest BCUT2D eigenvalue weighted by Gasteiger charge is -2.34. The summed E-state index contributed by atoms with van der Waals surface area (Å²) in [6.07, 6.45) is 1.91. The first-order valence-corrected chi connectivity index (χ1v) is 7.65. The van der Waals surface area contributed by atoms with Crippen molar-refractivity contribution in [2.45, 2.75) is 6.04 Å². The highest BCUT2D eigenvalue weighted by Crippen LogP contribution is 2.21. The number of hydrogen-bond donors (Lipinski definition) is 1. The highest BCUT2D eigenvalue weighted by atomic mass is 15.3. The van der Waals surface area contributed by atoms with Crippen LogP contribution in [0.15, 0.2) is 60.8 Å². The molecule has 110 valence electrons. The summed E-state index contributed by atoms with van der Waals surface area (Å²) in [7, 11) is 0. The van der Waals surface area contributed by atoms with E-state index in [-0.39, 0.29) is 0 Å². The molecule has 1 fully saturated rings. The Hall–Kier alpha value is -2.46. The first-order valence-electron chi connectivity index (χ1n) is 7.65. The number of nitrogens with one attached hydrogen (secondary N) is 1. The molecule has 3 aromatic rings. The predicted molar refractivity (Wildman–Crippen MR) is 88.9 cm³/mol. The molecule has 0 amide bonds. The maximum absolute atomic E-state index is 4.71. The lowest BCUT2D eigenvalue weighted by atomic mass is 10.0. The smallest absolute Gasteiger partial charge is 0.225 e. The van der Waals surface area contributed by atoms with Gasteiger partial charge in [-0.05, 0) is 11.6 Å². The largest absolute Gasteiger partial charge is 0.338 e. The number of para-hydroxylation sites is 1. The summed E-state index contributed by atoms with van der Waals surface area (Å²) in [5.41, 5.74) is 2.32. The van der Waals surface area contributed by atoms with Crippen LogP contribution in [-0.4, -0.2) is 29.6 Å². The molecule has 22 heavy (non-hydrogen) atoms. The Morgan fingerprint density at radius 3 is 2.73 bits per heavy atom. The molecule has 1 N–H and O–H groups in total. The lowest BCUT2D eigenvalue weighted by molar-refractivity contribution is 0.467. The number of aromatic nitrogens is 2. The van der Waals surface area contributed by atoms with Gasteiger partial charge in [-0.15, -0.1) is 0 Å². The molecule has 2 aromatic carbocycles. The fourth-order valence-corrected chi connectivity index (χ4v) is 2.95. The molecule has 4 heteroatoms. The fourth-order valence-electron chi connectivity index (χ4n) is 2.95. The van der Waals surface area contributed by atoms with Gasteiger partial charge in [0.1, 0.15) is 0 Å². The highest BCUT2D eigenvalue weighted by molar-refractivity contribution is 5.78. The van der Waals surface area contributed by atoms with Crippen molar-refractivity contribution in [1.29, 1.82) is 0 Å². The molecule has 4 nitrogen and oxygen atoms in total. The molecule has 0 saturated carbocycles. The zero-order valence-electron chi connectivity index (χ0n) is 12.3. The van der Waals surface area contributed by atoms with Gasteiger partial charge in [-0.25, -0.2) is 9.97 Å². The number of fused-ring (bicyclic) bond motifs is 1. The van der Waals surface area contributed by atoms with Gasteiger partial charge in [-0.3, -0.25) is 0 Å². The summed E-state index contributed by atoms with van der Waals surface area (Å²) >= 11 is 0. The Morgan fingerprint density at radius 2 is 1.82 bits per heavy atom. The van der Waals surface area contributed by atoms with Crippen molar-refractivity contribution in [3.05, 3.63) is 66.4 Å². The first kappa shape index (κ1) is 13.2. The summed E-state index contributed by atoms with van der Waals surface area (Å²) in [5.74, 6) is 0.820. The van der Waals surface area contributed by atoms with E-state index in [1.54, 1.807) is 0 Å². The first-order chi connectivity index (χ1) is 10.9. The Bertz CT molecular complexity index is 772. The minimum Gasteiger partial charge on any atom is -0.338 e. The van der Waals surface area contributed by atoms with Crippen LogP contribution in [0, 0.1) is 0 Å². The van der Waals surface area contributed by atoms with Crippen LogP contribution in [0.5, 0.6) is 0 Å². The maximum Gasteiger partial charge on any atom is 0.225 e. The number of benzene rings is 2. The molecule has 1 atom stereocenters. The summed E-state index contributed by atoms with van der Waals surface area (Å²) in [6.45, 7) is 2.76. The van der Waals surface area contributed by atoms with E-state index in [1.807, 2.05) is 30.5 Å². The second-order valence-electron chi connectivity index (χ2n) is 5.59. The van der Waals surface area contributed by atoms with E-state index in [9.17, 15) is 0 Å². The normalized spacial score (nSPS) is 18.5. The minimum atomic E-state index is 0.324. The van der Waals surface area contributed by atoms with Gasteiger partial charge in [0.15, 0.2) is 0 Å². The van der Waals surface area contributed by atoms with E-state index in [4.69, 9.17) is 4.98 Å². The van der Waals surface area contributed by atoms with Crippen LogP contribution in [0.1, 0.15) is 11.6 Å². The third-order valence-corrected chi connectivity index (χ3v) is 4.14. The van der Waals surface area contributed by atoms with E-state index in [2.05, 4.69) is 45.5 Å². The number of anilines is 1. The number of nitrogens with zero attached hydrogens (tertiary/aromatic N) is 3. The molecule has 1 saturated heterocycles. The average molecular weight is 290 g/mol. The third-order valence-electron chi connectivity index (χ3n) is 4.14. The molecule has 0 aliphatic carbocycles. The predicted octanol–water partition coefficient (Wildman–Crippen LogP) is 2.78. The Labute approximate surface area is 129 Å². The van der Waals surface area contributed by atoms with Gasteiger partial charge < -0.3 is 10.2 Å². The average Bonchev–Trinajstić information content (AvgIpc) is 2.62. The SMILES string of the molecule is c1ccc(C2CN(c3ncc4ccccc4n3)CCN2)cc1. The van der Waals surface area contributed by atoms with Crippen LogP contribution in [0.25, 0.3) is 10.9 Å². The van der Waals surface area contributed by atoms with Gasteiger partial charge in [0.25, 0.3) is 0 Å². The van der Waals surface area contributed by atoms with Crippen LogP contribution in [0.2, 0.25) is 0 Å². The van der Waals surface area contributed by atoms with E-state index < -0.39 is 0 Å². The summed E-state index contributed by atoms with van der Waals surface area (Å²) in [6, 6.07) is 19.0. The summed E-state index contributed by atoms with van der Waals surface area (Å²) in [4.78, 5) is 11.5. The molecule has 2 heterocycles. The van der Waals surface area contributed by atoms with Crippen molar-refractivity contribution in [2.75, 3.05) is 24.5 Å². The molecule has 0 bridgehead atoms. The molecular formula is C18H18N4. The Kier molecular flexibility index (Phi) is 3.45. The molecule has 1 aromatic heterocycles. The Balaban J connectivity index is 1.61. The van der Waals surface area contributed by atoms with Gasteiger partial charge >= 0.3 is 0 Å². The van der Waals surface area contributed by atoms with E-state index >= 15 is 0 Å². The van der Waals surface area contributed by atoms with Gasteiger partial charge in [0.05, 0.1) is 5.52 Å². The number of piperazine rings is 1. The fraction of sp³-hybridized carbons (Fsp3) is 0.222. The number of hydrogen-bond acceptors (Lipinski definition) is 4. The van der Waals surface area contributed by atoms with Crippen LogP contribution in [0.4, 0.5) is 5.95 Å². The zero-order chi connectivity index (χ0) is 14.8. The van der Waals surface area contributed by atoms with Crippen LogP contribution in [-0.2, 0) is 0 Å². The Morgan fingerprint density at radius 1 is 1.00 bits per heavy atom. The maximum atomic E-state index is 4.71. The van der Waals surface area contributed by atoms with Gasteiger partial charge in [0.2, 0.25) is 5.95 Å². The number of rotatable bonds is 2. The lowest BCUT2D eigenvalue weighted by Crippen LogP contribution is -2.46. The monoisotopic (exact) mass is 290 g/mol. The van der Waals surface area contributed by atoms with Crippen LogP contribution < -0.4 is 10.2 Å². The molecule has 1 unspecified atom stereocenters. The quantitative estimate of drug-likeness (QED) is 0.788. The van der Waals surface area contributed by atoms with Crippen molar-refractivity contribution in [3.8, 4) is 0 Å². The van der Waals surface area contributed by atoms with Gasteiger partial charge in [-0.1, -0.05) is 48.5 Å².